The number of hydrogen-bond donors (Lipinski definition) is 2. The van der Waals surface area contributed by atoms with Crippen molar-refractivity contribution >= 4 is 29.1 Å². The van der Waals surface area contributed by atoms with Crippen LogP contribution in [0.4, 0.5) is 5.69 Å². The van der Waals surface area contributed by atoms with Crippen molar-refractivity contribution in [3.05, 3.63) is 88.6 Å². The number of nitrogens with one attached hydrogen (secondary N) is 2. The minimum Gasteiger partial charge on any atom is -0.321 e. The molecule has 0 unspecified atom stereocenters. The molecule has 0 radical (unpaired) electrons. The van der Waals surface area contributed by atoms with Crippen molar-refractivity contribution in [2.45, 2.75) is 10.6 Å². The van der Waals surface area contributed by atoms with Crippen LogP contribution in [0.15, 0.2) is 76.7 Å². The third-order valence-corrected chi connectivity index (χ3v) is 4.97. The first-order valence-corrected chi connectivity index (χ1v) is 9.19. The standard InChI is InChI=1S/C19H15N5O2S/c25-17-10-14(22-19-20-12-21-24(17)19)11-27-16-9-5-4-8-15(16)23-18(26)13-6-2-1-3-7-13/h1-10,12H,11H2,(H,23,26)(H,20,21,22). The van der Waals surface area contributed by atoms with Gasteiger partial charge in [-0.3, -0.25) is 14.7 Å². The van der Waals surface area contributed by atoms with Gasteiger partial charge in [0.1, 0.15) is 6.33 Å². The Bertz CT molecular complexity index is 1150. The van der Waals surface area contributed by atoms with Gasteiger partial charge in [-0.05, 0) is 24.3 Å². The number of hydrogen-bond acceptors (Lipinski definition) is 5. The monoisotopic (exact) mass is 377 g/mol. The lowest BCUT2D eigenvalue weighted by Gasteiger charge is -2.10. The second kappa shape index (κ2) is 7.46. The van der Waals surface area contributed by atoms with Gasteiger partial charge in [-0.25, -0.2) is 9.97 Å². The van der Waals surface area contributed by atoms with Crippen LogP contribution < -0.4 is 10.9 Å². The van der Waals surface area contributed by atoms with Crippen LogP contribution >= 0.6 is 11.8 Å². The van der Waals surface area contributed by atoms with Gasteiger partial charge in [-0.2, -0.15) is 4.52 Å². The molecule has 27 heavy (non-hydrogen) atoms. The summed E-state index contributed by atoms with van der Waals surface area (Å²) < 4.78 is 1.28. The molecule has 1 amide bonds. The maximum absolute atomic E-state index is 12.4. The molecule has 0 aliphatic rings. The molecule has 0 aliphatic heterocycles. The van der Waals surface area contributed by atoms with E-state index in [1.54, 1.807) is 12.1 Å². The number of para-hydroxylation sites is 1. The van der Waals surface area contributed by atoms with Crippen LogP contribution in [0.3, 0.4) is 0 Å². The van der Waals surface area contributed by atoms with Crippen molar-refractivity contribution < 1.29 is 4.79 Å². The number of amides is 1. The number of anilines is 1. The Labute approximate surface area is 158 Å². The Kier molecular flexibility index (Phi) is 4.71. The Morgan fingerprint density at radius 3 is 2.74 bits per heavy atom. The van der Waals surface area contributed by atoms with E-state index in [2.05, 4.69) is 20.4 Å². The molecule has 0 saturated heterocycles. The first kappa shape index (κ1) is 17.0. The average Bonchev–Trinajstić information content (AvgIpc) is 3.17. The fourth-order valence-corrected chi connectivity index (χ4v) is 3.47. The highest BCUT2D eigenvalue weighted by molar-refractivity contribution is 7.98. The predicted octanol–water partition coefficient (Wildman–Crippen LogP) is 2.96. The van der Waals surface area contributed by atoms with Gasteiger partial charge < -0.3 is 5.32 Å². The Balaban J connectivity index is 1.52. The van der Waals surface area contributed by atoms with Crippen LogP contribution in [0.5, 0.6) is 0 Å². The van der Waals surface area contributed by atoms with Gasteiger partial charge in [-0.1, -0.05) is 30.3 Å². The van der Waals surface area contributed by atoms with Gasteiger partial charge >= 0.3 is 0 Å². The number of fused-ring (bicyclic) bond motifs is 1. The van der Waals surface area contributed by atoms with E-state index in [4.69, 9.17) is 0 Å². The summed E-state index contributed by atoms with van der Waals surface area (Å²) in [6.07, 6.45) is 1.43. The molecular formula is C19H15N5O2S. The zero-order chi connectivity index (χ0) is 18.6. The van der Waals surface area contributed by atoms with Gasteiger partial charge in [0, 0.05) is 22.3 Å². The second-order valence-electron chi connectivity index (χ2n) is 5.71. The van der Waals surface area contributed by atoms with Crippen molar-refractivity contribution in [3.63, 3.8) is 0 Å². The summed E-state index contributed by atoms with van der Waals surface area (Å²) in [4.78, 5) is 33.7. The highest BCUT2D eigenvalue weighted by Crippen LogP contribution is 2.29. The van der Waals surface area contributed by atoms with Gasteiger partial charge in [0.25, 0.3) is 17.2 Å². The van der Waals surface area contributed by atoms with Crippen molar-refractivity contribution in [2.24, 2.45) is 0 Å². The van der Waals surface area contributed by atoms with Crippen molar-refractivity contribution in [1.29, 1.82) is 0 Å². The Morgan fingerprint density at radius 1 is 1.11 bits per heavy atom. The molecule has 8 heteroatoms. The smallest absolute Gasteiger partial charge is 0.274 e. The van der Waals surface area contributed by atoms with Crippen molar-refractivity contribution in [2.75, 3.05) is 5.32 Å². The molecule has 2 aromatic heterocycles. The van der Waals surface area contributed by atoms with E-state index in [-0.39, 0.29) is 11.5 Å². The quantitative estimate of drug-likeness (QED) is 0.522. The van der Waals surface area contributed by atoms with Crippen molar-refractivity contribution in [3.8, 4) is 0 Å². The summed E-state index contributed by atoms with van der Waals surface area (Å²) in [6.45, 7) is 0. The zero-order valence-electron chi connectivity index (χ0n) is 14.1. The molecule has 2 heterocycles. The minimum atomic E-state index is -0.209. The summed E-state index contributed by atoms with van der Waals surface area (Å²) in [5.74, 6) is 0.651. The number of aromatic amines is 1. The number of carbonyl (C=O) groups is 1. The SMILES string of the molecule is O=C(Nc1ccccc1SCc1cc(=O)n2[nH]cnc2n1)c1ccccc1. The summed E-state index contributed by atoms with van der Waals surface area (Å²) in [5, 5.41) is 5.65. The molecule has 0 fully saturated rings. The first-order chi connectivity index (χ1) is 13.2. The lowest BCUT2D eigenvalue weighted by molar-refractivity contribution is 0.102. The fourth-order valence-electron chi connectivity index (χ4n) is 2.57. The van der Waals surface area contributed by atoms with E-state index in [0.717, 1.165) is 4.90 Å². The van der Waals surface area contributed by atoms with E-state index in [0.29, 0.717) is 28.5 Å². The molecule has 0 spiro atoms. The molecule has 0 aliphatic carbocycles. The van der Waals surface area contributed by atoms with E-state index in [1.807, 2.05) is 42.5 Å². The topological polar surface area (TPSA) is 92.2 Å². The zero-order valence-corrected chi connectivity index (χ0v) is 14.9. The van der Waals surface area contributed by atoms with Crippen LogP contribution in [0.1, 0.15) is 16.1 Å². The van der Waals surface area contributed by atoms with Crippen LogP contribution in [0, 0.1) is 0 Å². The van der Waals surface area contributed by atoms with E-state index in [1.165, 1.54) is 28.7 Å². The second-order valence-corrected chi connectivity index (χ2v) is 6.73. The number of carbonyl (C=O) groups excluding carboxylic acids is 1. The van der Waals surface area contributed by atoms with E-state index < -0.39 is 0 Å². The lowest BCUT2D eigenvalue weighted by atomic mass is 10.2. The molecule has 4 rings (SSSR count). The number of thioether (sulfide) groups is 1. The molecule has 2 N–H and O–H groups in total. The molecular weight excluding hydrogens is 362 g/mol. The van der Waals surface area contributed by atoms with E-state index in [9.17, 15) is 9.59 Å². The molecule has 4 aromatic rings. The normalized spacial score (nSPS) is 10.8. The Hall–Kier alpha value is -3.39. The van der Waals surface area contributed by atoms with Gasteiger partial charge in [0.15, 0.2) is 0 Å². The summed E-state index contributed by atoms with van der Waals surface area (Å²) in [7, 11) is 0. The predicted molar refractivity (Wildman–Crippen MR) is 104 cm³/mol. The van der Waals surface area contributed by atoms with Crippen LogP contribution in [0.25, 0.3) is 5.78 Å². The molecule has 7 nitrogen and oxygen atoms in total. The van der Waals surface area contributed by atoms with Crippen molar-refractivity contribution in [1.82, 2.24) is 19.6 Å². The maximum Gasteiger partial charge on any atom is 0.274 e. The molecule has 0 atom stereocenters. The van der Waals surface area contributed by atoms with Crippen LogP contribution in [-0.4, -0.2) is 25.5 Å². The molecule has 2 aromatic carbocycles. The molecule has 0 saturated carbocycles. The molecule has 134 valence electrons. The molecule has 0 bridgehead atoms. The highest BCUT2D eigenvalue weighted by Gasteiger charge is 2.10. The number of rotatable bonds is 5. The number of nitrogens with zero attached hydrogens (tertiary/aromatic N) is 3. The van der Waals surface area contributed by atoms with E-state index >= 15 is 0 Å². The first-order valence-electron chi connectivity index (χ1n) is 8.21. The summed E-state index contributed by atoms with van der Waals surface area (Å²) in [6, 6.07) is 18.1. The number of benzene rings is 2. The lowest BCUT2D eigenvalue weighted by Crippen LogP contribution is -2.15. The summed E-state index contributed by atoms with van der Waals surface area (Å²) in [5.41, 5.74) is 1.73. The maximum atomic E-state index is 12.4. The fraction of sp³-hybridized carbons (Fsp3) is 0.0526. The Morgan fingerprint density at radius 2 is 1.89 bits per heavy atom. The third-order valence-electron chi connectivity index (χ3n) is 3.87. The minimum absolute atomic E-state index is 0.169. The highest BCUT2D eigenvalue weighted by atomic mass is 32.2. The summed E-state index contributed by atoms with van der Waals surface area (Å²) >= 11 is 1.49. The van der Waals surface area contributed by atoms with Crippen LogP contribution in [0.2, 0.25) is 0 Å². The van der Waals surface area contributed by atoms with Gasteiger partial charge in [-0.15, -0.1) is 11.8 Å². The van der Waals surface area contributed by atoms with Gasteiger partial charge in [0.05, 0.1) is 11.4 Å². The average molecular weight is 377 g/mol. The van der Waals surface area contributed by atoms with Gasteiger partial charge in [0.2, 0.25) is 0 Å². The third kappa shape index (κ3) is 3.75. The largest absolute Gasteiger partial charge is 0.321 e. The number of aromatic nitrogens is 4. The number of H-pyrrole nitrogens is 1. The van der Waals surface area contributed by atoms with Crippen LogP contribution in [-0.2, 0) is 5.75 Å².